The summed E-state index contributed by atoms with van der Waals surface area (Å²) in [6.45, 7) is 1.84. The largest absolute Gasteiger partial charge is 0.497 e. The Bertz CT molecular complexity index is 1520. The second-order valence-corrected chi connectivity index (χ2v) is 12.1. The maximum absolute atomic E-state index is 13.6. The van der Waals surface area contributed by atoms with Crippen LogP contribution in [0.4, 0.5) is 5.69 Å². The summed E-state index contributed by atoms with van der Waals surface area (Å²) in [4.78, 5) is 6.30. The zero-order valence-corrected chi connectivity index (χ0v) is 24.2. The minimum absolute atomic E-state index is 0.189. The zero-order chi connectivity index (χ0) is 28.1. The number of methoxy groups -OCH3 is 2. The molecule has 1 saturated heterocycles. The molecule has 4 aromatic rings. The van der Waals surface area contributed by atoms with Crippen LogP contribution in [0.5, 0.6) is 11.5 Å². The number of hydrogen-bond acceptors (Lipinski definition) is 5. The first kappa shape index (κ1) is 27.8. The average Bonchev–Trinajstić information content (AvgIpc) is 3.34. The van der Waals surface area contributed by atoms with Crippen LogP contribution in [0.25, 0.3) is 11.3 Å². The fourth-order valence-electron chi connectivity index (χ4n) is 5.47. The normalized spacial score (nSPS) is 16.3. The molecule has 1 aliphatic heterocycles. The van der Waals surface area contributed by atoms with E-state index in [0.717, 1.165) is 30.9 Å². The van der Waals surface area contributed by atoms with Crippen molar-refractivity contribution in [1.29, 1.82) is 0 Å². The number of ether oxygens (including phenoxy) is 2. The Morgan fingerprint density at radius 1 is 0.900 bits per heavy atom. The standard InChI is InChI=1S/C32H37N3O4S/c1-34(26-14-16-27(38-2)17-15-26)40(36,37)28-18-20-32(39-3)29(22-28)30-19-13-25(33-30)23-35-21-9-5-8-12-31(35)24-10-6-4-7-11-24/h4,6-7,10-11,13-20,22,31,33H,5,8-9,12,21,23H2,1-3H3/t31-/m1/s1. The number of nitrogens with zero attached hydrogens (tertiary/aromatic N) is 2. The summed E-state index contributed by atoms with van der Waals surface area (Å²) in [7, 11) is 0.922. The van der Waals surface area contributed by atoms with Crippen LogP contribution in [0.2, 0.25) is 0 Å². The molecule has 40 heavy (non-hydrogen) atoms. The van der Waals surface area contributed by atoms with Crippen molar-refractivity contribution >= 4 is 15.7 Å². The molecule has 210 valence electrons. The van der Waals surface area contributed by atoms with Gasteiger partial charge in [-0.15, -0.1) is 0 Å². The van der Waals surface area contributed by atoms with Gasteiger partial charge < -0.3 is 14.5 Å². The van der Waals surface area contributed by atoms with Gasteiger partial charge in [-0.05, 0) is 79.5 Å². The lowest BCUT2D eigenvalue weighted by Gasteiger charge is -2.30. The molecule has 0 spiro atoms. The number of aromatic nitrogens is 1. The number of hydrogen-bond donors (Lipinski definition) is 1. The SMILES string of the molecule is COc1ccc(N(C)S(=O)(=O)c2ccc(OC)c(-c3ccc(CN4CCCCC[C@@H]4c4ccccc4)[nH]3)c2)cc1. The molecule has 0 radical (unpaired) electrons. The van der Waals surface area contributed by atoms with Crippen LogP contribution in [-0.4, -0.2) is 46.1 Å². The Morgan fingerprint density at radius 2 is 1.68 bits per heavy atom. The maximum atomic E-state index is 13.6. The molecule has 7 nitrogen and oxygen atoms in total. The van der Waals surface area contributed by atoms with Crippen LogP contribution >= 0.6 is 0 Å². The first-order valence-corrected chi connectivity index (χ1v) is 15.1. The number of rotatable bonds is 9. The van der Waals surface area contributed by atoms with Gasteiger partial charge >= 0.3 is 0 Å². The third kappa shape index (κ3) is 5.88. The molecule has 0 saturated carbocycles. The lowest BCUT2D eigenvalue weighted by atomic mass is 10.0. The number of nitrogens with one attached hydrogen (secondary N) is 1. The number of sulfonamides is 1. The highest BCUT2D eigenvalue weighted by Crippen LogP contribution is 2.35. The molecule has 1 fully saturated rings. The molecule has 1 aliphatic rings. The molecule has 0 bridgehead atoms. The highest BCUT2D eigenvalue weighted by Gasteiger charge is 2.25. The molecular formula is C32H37N3O4S. The summed E-state index contributed by atoms with van der Waals surface area (Å²) in [5, 5.41) is 0. The maximum Gasteiger partial charge on any atom is 0.264 e. The highest BCUT2D eigenvalue weighted by atomic mass is 32.2. The van der Waals surface area contributed by atoms with Crippen molar-refractivity contribution in [1.82, 2.24) is 9.88 Å². The summed E-state index contributed by atoms with van der Waals surface area (Å²) < 4.78 is 39.3. The molecule has 0 aliphatic carbocycles. The van der Waals surface area contributed by atoms with Crippen LogP contribution in [0.15, 0.2) is 89.8 Å². The van der Waals surface area contributed by atoms with E-state index in [1.54, 1.807) is 63.7 Å². The van der Waals surface area contributed by atoms with E-state index >= 15 is 0 Å². The van der Waals surface area contributed by atoms with E-state index in [-0.39, 0.29) is 4.90 Å². The van der Waals surface area contributed by atoms with Gasteiger partial charge in [0, 0.05) is 36.6 Å². The first-order valence-electron chi connectivity index (χ1n) is 13.7. The van der Waals surface area contributed by atoms with Gasteiger partial charge in [-0.1, -0.05) is 43.2 Å². The van der Waals surface area contributed by atoms with Gasteiger partial charge in [0.05, 0.1) is 24.8 Å². The molecule has 3 aromatic carbocycles. The van der Waals surface area contributed by atoms with Gasteiger partial charge in [-0.3, -0.25) is 9.21 Å². The van der Waals surface area contributed by atoms with Crippen molar-refractivity contribution in [2.45, 2.75) is 43.2 Å². The minimum Gasteiger partial charge on any atom is -0.497 e. The van der Waals surface area contributed by atoms with E-state index in [9.17, 15) is 8.42 Å². The number of likely N-dealkylation sites (tertiary alicyclic amines) is 1. The van der Waals surface area contributed by atoms with E-state index in [1.165, 1.54) is 29.1 Å². The van der Waals surface area contributed by atoms with Gasteiger partial charge in [0.15, 0.2) is 0 Å². The fraction of sp³-hybridized carbons (Fsp3) is 0.312. The zero-order valence-electron chi connectivity index (χ0n) is 23.3. The van der Waals surface area contributed by atoms with Crippen molar-refractivity contribution in [2.75, 3.05) is 32.1 Å². The minimum atomic E-state index is -3.81. The molecule has 0 unspecified atom stereocenters. The summed E-state index contributed by atoms with van der Waals surface area (Å²) in [5.41, 5.74) is 4.52. The average molecular weight is 560 g/mol. The predicted molar refractivity (Wildman–Crippen MR) is 159 cm³/mol. The number of anilines is 1. The van der Waals surface area contributed by atoms with Crippen molar-refractivity contribution in [3.8, 4) is 22.8 Å². The van der Waals surface area contributed by atoms with E-state index < -0.39 is 10.0 Å². The Kier molecular flexibility index (Phi) is 8.47. The molecule has 1 N–H and O–H groups in total. The third-order valence-electron chi connectivity index (χ3n) is 7.72. The number of benzene rings is 3. The summed E-state index contributed by atoms with van der Waals surface area (Å²) >= 11 is 0. The smallest absolute Gasteiger partial charge is 0.264 e. The molecule has 8 heteroatoms. The third-order valence-corrected chi connectivity index (χ3v) is 9.50. The lowest BCUT2D eigenvalue weighted by Crippen LogP contribution is -2.28. The van der Waals surface area contributed by atoms with Crippen LogP contribution in [0.1, 0.15) is 43.0 Å². The number of H-pyrrole nitrogens is 1. The van der Waals surface area contributed by atoms with Gasteiger partial charge in [-0.2, -0.15) is 0 Å². The molecule has 2 heterocycles. The van der Waals surface area contributed by atoms with Crippen molar-refractivity contribution in [3.05, 3.63) is 96.2 Å². The molecule has 0 amide bonds. The van der Waals surface area contributed by atoms with E-state index in [4.69, 9.17) is 9.47 Å². The van der Waals surface area contributed by atoms with Crippen LogP contribution in [0.3, 0.4) is 0 Å². The molecule has 5 rings (SSSR count). The Hall–Kier alpha value is -3.75. The van der Waals surface area contributed by atoms with Crippen LogP contribution in [0, 0.1) is 0 Å². The summed E-state index contributed by atoms with van der Waals surface area (Å²) in [5.74, 6) is 1.27. The topological polar surface area (TPSA) is 74.9 Å². The second kappa shape index (κ2) is 12.2. The van der Waals surface area contributed by atoms with Gasteiger partial charge in [0.25, 0.3) is 10.0 Å². The molecular weight excluding hydrogens is 522 g/mol. The van der Waals surface area contributed by atoms with Gasteiger partial charge in [0.2, 0.25) is 0 Å². The van der Waals surface area contributed by atoms with Crippen molar-refractivity contribution < 1.29 is 17.9 Å². The van der Waals surface area contributed by atoms with E-state index in [1.807, 2.05) is 6.07 Å². The monoisotopic (exact) mass is 559 g/mol. The highest BCUT2D eigenvalue weighted by molar-refractivity contribution is 7.92. The van der Waals surface area contributed by atoms with Crippen LogP contribution < -0.4 is 13.8 Å². The van der Waals surface area contributed by atoms with E-state index in [0.29, 0.717) is 28.8 Å². The quantitative estimate of drug-likeness (QED) is 0.249. The molecule has 1 atom stereocenters. The Balaban J connectivity index is 1.41. The summed E-state index contributed by atoms with van der Waals surface area (Å²) in [6, 6.07) is 27.1. The van der Waals surface area contributed by atoms with Gasteiger partial charge in [-0.25, -0.2) is 8.42 Å². The van der Waals surface area contributed by atoms with Crippen LogP contribution in [-0.2, 0) is 16.6 Å². The van der Waals surface area contributed by atoms with E-state index in [2.05, 4.69) is 46.3 Å². The molecule has 1 aromatic heterocycles. The van der Waals surface area contributed by atoms with Crippen molar-refractivity contribution in [3.63, 3.8) is 0 Å². The fourth-order valence-corrected chi connectivity index (χ4v) is 6.69. The predicted octanol–water partition coefficient (Wildman–Crippen LogP) is 6.64. The van der Waals surface area contributed by atoms with Crippen molar-refractivity contribution in [2.24, 2.45) is 0 Å². The summed E-state index contributed by atoms with van der Waals surface area (Å²) in [6.07, 6.45) is 4.81. The lowest BCUT2D eigenvalue weighted by molar-refractivity contribution is 0.190. The second-order valence-electron chi connectivity index (χ2n) is 10.2. The first-order chi connectivity index (χ1) is 19.4. The Morgan fingerprint density at radius 3 is 2.40 bits per heavy atom. The Labute approximate surface area is 237 Å². The number of aromatic amines is 1. The van der Waals surface area contributed by atoms with Gasteiger partial charge in [0.1, 0.15) is 11.5 Å².